The summed E-state index contributed by atoms with van der Waals surface area (Å²) in [6, 6.07) is 5.48. The van der Waals surface area contributed by atoms with E-state index in [1.165, 1.54) is 12.1 Å². The van der Waals surface area contributed by atoms with Gasteiger partial charge in [-0.25, -0.2) is 8.42 Å². The molecule has 1 amide bonds. The Kier molecular flexibility index (Phi) is 6.41. The summed E-state index contributed by atoms with van der Waals surface area (Å²) in [6.45, 7) is 4.75. The van der Waals surface area contributed by atoms with E-state index < -0.39 is 16.1 Å². The lowest BCUT2D eigenvalue weighted by molar-refractivity contribution is -0.135. The van der Waals surface area contributed by atoms with Crippen LogP contribution in [0.5, 0.6) is 0 Å². The lowest BCUT2D eigenvalue weighted by Gasteiger charge is -2.34. The predicted octanol–water partition coefficient (Wildman–Crippen LogP) is 1.70. The van der Waals surface area contributed by atoms with Crippen LogP contribution < -0.4 is 10.5 Å². The molecule has 1 aromatic carbocycles. The minimum absolute atomic E-state index is 0.0430. The highest BCUT2D eigenvalue weighted by atomic mass is 79.9. The molecule has 1 saturated heterocycles. The van der Waals surface area contributed by atoms with Gasteiger partial charge < -0.3 is 10.6 Å². The molecule has 1 aromatic rings. The van der Waals surface area contributed by atoms with Crippen LogP contribution in [-0.4, -0.2) is 44.4 Å². The van der Waals surface area contributed by atoms with Crippen molar-refractivity contribution < 1.29 is 13.2 Å². The lowest BCUT2D eigenvalue weighted by Crippen LogP contribution is -2.55. The fraction of sp³-hybridized carbons (Fsp3) is 0.562. The van der Waals surface area contributed by atoms with Crippen LogP contribution in [0, 0.1) is 5.92 Å². The smallest absolute Gasteiger partial charge is 0.241 e. The molecule has 6 nitrogen and oxygen atoms in total. The van der Waals surface area contributed by atoms with Gasteiger partial charge in [0.2, 0.25) is 15.9 Å². The number of likely N-dealkylation sites (tertiary alicyclic amines) is 1. The average molecular weight is 418 g/mol. The number of halogens is 1. The maximum atomic E-state index is 12.8. The second kappa shape index (κ2) is 7.95. The number of carbonyl (C=O) groups is 1. The van der Waals surface area contributed by atoms with Crippen LogP contribution in [0.15, 0.2) is 33.6 Å². The molecule has 134 valence electrons. The van der Waals surface area contributed by atoms with Gasteiger partial charge in [-0.05, 0) is 43.0 Å². The highest BCUT2D eigenvalue weighted by Crippen LogP contribution is 2.18. The molecule has 0 saturated carbocycles. The number of rotatable bonds is 5. The van der Waals surface area contributed by atoms with E-state index >= 15 is 0 Å². The number of carbonyl (C=O) groups excluding carboxylic acids is 1. The molecule has 0 radical (unpaired) electrons. The molecule has 0 spiro atoms. The summed E-state index contributed by atoms with van der Waals surface area (Å²) in [7, 11) is -3.77. The summed E-state index contributed by atoms with van der Waals surface area (Å²) in [5.74, 6) is -0.373. The van der Waals surface area contributed by atoms with Gasteiger partial charge in [0.1, 0.15) is 6.04 Å². The van der Waals surface area contributed by atoms with E-state index in [0.717, 1.165) is 17.3 Å². The van der Waals surface area contributed by atoms with Crippen LogP contribution >= 0.6 is 15.9 Å². The number of benzene rings is 1. The molecule has 24 heavy (non-hydrogen) atoms. The lowest BCUT2D eigenvalue weighted by atomic mass is 10.0. The molecule has 1 fully saturated rings. The van der Waals surface area contributed by atoms with Crippen LogP contribution in [0.25, 0.3) is 0 Å². The zero-order valence-electron chi connectivity index (χ0n) is 13.9. The van der Waals surface area contributed by atoms with Crippen molar-refractivity contribution in [2.24, 2.45) is 11.7 Å². The normalized spacial score (nSPS) is 20.2. The Bertz CT molecular complexity index is 676. The largest absolute Gasteiger partial charge is 0.340 e. The molecule has 1 aliphatic heterocycles. The van der Waals surface area contributed by atoms with E-state index in [1.54, 1.807) is 17.0 Å². The average Bonchev–Trinajstić information content (AvgIpc) is 2.52. The molecule has 2 rings (SSSR count). The first kappa shape index (κ1) is 19.4. The minimum Gasteiger partial charge on any atom is -0.340 e. The van der Waals surface area contributed by atoms with E-state index in [2.05, 4.69) is 20.7 Å². The van der Waals surface area contributed by atoms with Crippen molar-refractivity contribution in [2.45, 2.75) is 43.7 Å². The standard InChI is InChI=1S/C16H24BrN3O3S/c1-11(2)15(16(21)20-9-3-4-13(18)10-20)19-24(22,23)14-7-5-12(17)6-8-14/h5-8,11,13,15,19H,3-4,9-10,18H2,1-2H3/t13-,15-/m0/s1. The first-order valence-electron chi connectivity index (χ1n) is 8.03. The highest BCUT2D eigenvalue weighted by molar-refractivity contribution is 9.10. The Labute approximate surface area is 152 Å². The summed E-state index contributed by atoms with van der Waals surface area (Å²) in [6.07, 6.45) is 1.73. The molecule has 2 atom stereocenters. The topological polar surface area (TPSA) is 92.5 Å². The van der Waals surface area contributed by atoms with Crippen molar-refractivity contribution in [1.82, 2.24) is 9.62 Å². The zero-order chi connectivity index (χ0) is 17.9. The first-order valence-corrected chi connectivity index (χ1v) is 10.3. The second-order valence-electron chi connectivity index (χ2n) is 6.48. The van der Waals surface area contributed by atoms with Gasteiger partial charge in [0.15, 0.2) is 0 Å². The maximum absolute atomic E-state index is 12.8. The number of nitrogens with one attached hydrogen (secondary N) is 1. The Morgan fingerprint density at radius 3 is 2.50 bits per heavy atom. The van der Waals surface area contributed by atoms with Crippen molar-refractivity contribution in [3.05, 3.63) is 28.7 Å². The third-order valence-electron chi connectivity index (χ3n) is 4.11. The van der Waals surface area contributed by atoms with Crippen LogP contribution in [-0.2, 0) is 14.8 Å². The van der Waals surface area contributed by atoms with Crippen LogP contribution in [0.3, 0.4) is 0 Å². The van der Waals surface area contributed by atoms with Gasteiger partial charge in [-0.2, -0.15) is 4.72 Å². The fourth-order valence-electron chi connectivity index (χ4n) is 2.73. The summed E-state index contributed by atoms with van der Waals surface area (Å²) in [5.41, 5.74) is 5.93. The van der Waals surface area contributed by atoms with Crippen LogP contribution in [0.4, 0.5) is 0 Å². The van der Waals surface area contributed by atoms with E-state index in [4.69, 9.17) is 5.73 Å². The van der Waals surface area contributed by atoms with Gasteiger partial charge in [0.05, 0.1) is 4.90 Å². The van der Waals surface area contributed by atoms with Gasteiger partial charge in [-0.3, -0.25) is 4.79 Å². The van der Waals surface area contributed by atoms with E-state index in [0.29, 0.717) is 13.1 Å². The quantitative estimate of drug-likeness (QED) is 0.762. The molecule has 0 bridgehead atoms. The molecule has 1 heterocycles. The maximum Gasteiger partial charge on any atom is 0.241 e. The Morgan fingerprint density at radius 2 is 1.96 bits per heavy atom. The van der Waals surface area contributed by atoms with Gasteiger partial charge in [-0.15, -0.1) is 0 Å². The number of nitrogens with two attached hydrogens (primary N) is 1. The van der Waals surface area contributed by atoms with Crippen LogP contribution in [0.2, 0.25) is 0 Å². The monoisotopic (exact) mass is 417 g/mol. The fourth-order valence-corrected chi connectivity index (χ4v) is 4.33. The van der Waals surface area contributed by atoms with Crippen molar-refractivity contribution in [3.8, 4) is 0 Å². The van der Waals surface area contributed by atoms with E-state index in [1.807, 2.05) is 13.8 Å². The van der Waals surface area contributed by atoms with Gasteiger partial charge in [0.25, 0.3) is 0 Å². The summed E-state index contributed by atoms with van der Waals surface area (Å²) in [5, 5.41) is 0. The van der Waals surface area contributed by atoms with Crippen molar-refractivity contribution in [1.29, 1.82) is 0 Å². The second-order valence-corrected chi connectivity index (χ2v) is 9.11. The van der Waals surface area contributed by atoms with Gasteiger partial charge >= 0.3 is 0 Å². The number of piperidine rings is 1. The summed E-state index contributed by atoms with van der Waals surface area (Å²) in [4.78, 5) is 14.6. The highest BCUT2D eigenvalue weighted by Gasteiger charge is 2.33. The molecule has 0 unspecified atom stereocenters. The molecule has 3 N–H and O–H groups in total. The number of hydrogen-bond donors (Lipinski definition) is 2. The molecule has 0 aliphatic carbocycles. The van der Waals surface area contributed by atoms with Crippen LogP contribution in [0.1, 0.15) is 26.7 Å². The van der Waals surface area contributed by atoms with Gasteiger partial charge in [0, 0.05) is 23.6 Å². The zero-order valence-corrected chi connectivity index (χ0v) is 16.3. The van der Waals surface area contributed by atoms with Gasteiger partial charge in [-0.1, -0.05) is 29.8 Å². The SMILES string of the molecule is CC(C)[C@H](NS(=O)(=O)c1ccc(Br)cc1)C(=O)N1CCC[C@H](N)C1. The molecular weight excluding hydrogens is 394 g/mol. The minimum atomic E-state index is -3.77. The molecule has 1 aliphatic rings. The van der Waals surface area contributed by atoms with E-state index in [9.17, 15) is 13.2 Å². The first-order chi connectivity index (χ1) is 11.2. The number of amides is 1. The Hall–Kier alpha value is -0.960. The van der Waals surface area contributed by atoms with Crippen molar-refractivity contribution >= 4 is 31.9 Å². The number of hydrogen-bond acceptors (Lipinski definition) is 4. The Balaban J connectivity index is 2.18. The summed E-state index contributed by atoms with van der Waals surface area (Å²) >= 11 is 3.28. The Morgan fingerprint density at radius 1 is 1.33 bits per heavy atom. The number of sulfonamides is 1. The molecular formula is C16H24BrN3O3S. The van der Waals surface area contributed by atoms with E-state index in [-0.39, 0.29) is 22.8 Å². The molecule has 8 heteroatoms. The predicted molar refractivity (Wildman–Crippen MR) is 96.9 cm³/mol. The molecule has 0 aromatic heterocycles. The van der Waals surface area contributed by atoms with Crippen molar-refractivity contribution in [3.63, 3.8) is 0 Å². The number of nitrogens with zero attached hydrogens (tertiary/aromatic N) is 1. The summed E-state index contributed by atoms with van der Waals surface area (Å²) < 4.78 is 28.5. The third kappa shape index (κ3) is 4.78. The van der Waals surface area contributed by atoms with Crippen molar-refractivity contribution in [2.75, 3.05) is 13.1 Å². The third-order valence-corrected chi connectivity index (χ3v) is 6.09.